The first-order valence-electron chi connectivity index (χ1n) is 3.41. The minimum atomic E-state index is -0.883. The molecule has 1 saturated heterocycles. The second-order valence-corrected chi connectivity index (χ2v) is 5.54. The maximum Gasteiger partial charge on any atom is 0.187 e. The highest BCUT2D eigenvalue weighted by molar-refractivity contribution is 6.43. The number of fused-ring (bicyclic) bond motifs is 1. The first-order chi connectivity index (χ1) is 5.48. The Bertz CT molecular complexity index is 207. The third-order valence-electron chi connectivity index (χ3n) is 2.19. The van der Waals surface area contributed by atoms with Crippen LogP contribution in [0.2, 0.25) is 0 Å². The van der Waals surface area contributed by atoms with E-state index in [4.69, 9.17) is 62.7 Å². The van der Waals surface area contributed by atoms with Crippen LogP contribution in [0.5, 0.6) is 0 Å². The summed E-state index contributed by atoms with van der Waals surface area (Å²) in [6, 6.07) is 0. The summed E-state index contributed by atoms with van der Waals surface area (Å²) in [4.78, 5) is 0. The van der Waals surface area contributed by atoms with E-state index < -0.39 is 21.2 Å². The monoisotopic (exact) mass is 268 g/mol. The first-order valence-corrected chi connectivity index (χ1v) is 5.54. The van der Waals surface area contributed by atoms with Crippen LogP contribution in [0.25, 0.3) is 0 Å². The summed E-state index contributed by atoms with van der Waals surface area (Å²) in [6.07, 6.45) is -0.263. The maximum absolute atomic E-state index is 5.97. The lowest BCUT2D eigenvalue weighted by Gasteiger charge is -2.30. The van der Waals surface area contributed by atoms with E-state index in [1.54, 1.807) is 0 Å². The van der Waals surface area contributed by atoms with Gasteiger partial charge in [-0.25, -0.2) is 0 Å². The second kappa shape index (κ2) is 2.95. The highest BCUT2D eigenvalue weighted by Gasteiger charge is 2.70. The fraction of sp³-hybridized carbons (Fsp3) is 1.00. The molecule has 1 heterocycles. The van der Waals surface area contributed by atoms with Crippen molar-refractivity contribution in [3.63, 3.8) is 0 Å². The van der Waals surface area contributed by atoms with Crippen LogP contribution in [-0.2, 0) is 4.74 Å². The third-order valence-corrected chi connectivity index (χ3v) is 5.39. The van der Waals surface area contributed by atoms with Crippen LogP contribution in [0.15, 0.2) is 0 Å². The number of halogens is 5. The predicted octanol–water partition coefficient (Wildman–Crippen LogP) is 2.76. The molecule has 1 aliphatic heterocycles. The van der Waals surface area contributed by atoms with E-state index in [-0.39, 0.29) is 11.5 Å². The van der Waals surface area contributed by atoms with E-state index in [2.05, 4.69) is 0 Å². The zero-order valence-corrected chi connectivity index (χ0v) is 9.46. The zero-order valence-electron chi connectivity index (χ0n) is 5.68. The normalized spacial score (nSPS) is 64.2. The molecule has 70 valence electrons. The van der Waals surface area contributed by atoms with E-state index in [1.165, 1.54) is 0 Å². The Morgan fingerprint density at radius 2 is 1.50 bits per heavy atom. The molecular formula is C6H5Cl5O. The van der Waals surface area contributed by atoms with E-state index >= 15 is 0 Å². The van der Waals surface area contributed by atoms with E-state index in [1.807, 2.05) is 0 Å². The lowest BCUT2D eigenvalue weighted by atomic mass is 9.98. The fourth-order valence-electron chi connectivity index (χ4n) is 1.39. The molecule has 0 amide bonds. The Morgan fingerprint density at radius 1 is 0.917 bits per heavy atom. The summed E-state index contributed by atoms with van der Waals surface area (Å²) in [6.45, 7) is 0. The number of hydrogen-bond donors (Lipinski definition) is 0. The highest BCUT2D eigenvalue weighted by atomic mass is 35.5. The molecule has 1 aliphatic carbocycles. The Balaban J connectivity index is 2.22. The van der Waals surface area contributed by atoms with Crippen molar-refractivity contribution in [3.05, 3.63) is 0 Å². The standard InChI is InChI=1S/C6H5Cl5O/c7-1-2(8)4(10)6(11)5(12-6)3(1)9/h1-5H/t1-,2-,3-,4+,5-,6-/m1/s1. The van der Waals surface area contributed by atoms with Crippen molar-refractivity contribution in [2.45, 2.75) is 32.7 Å². The molecule has 6 heteroatoms. The number of alkyl halides is 5. The van der Waals surface area contributed by atoms with Gasteiger partial charge in [-0.05, 0) is 0 Å². The zero-order chi connectivity index (χ0) is 9.09. The summed E-state index contributed by atoms with van der Waals surface area (Å²) >= 11 is 29.6. The third kappa shape index (κ3) is 1.18. The molecule has 0 aromatic heterocycles. The average Bonchev–Trinajstić information content (AvgIpc) is 2.72. The van der Waals surface area contributed by atoms with Crippen molar-refractivity contribution in [2.75, 3.05) is 0 Å². The maximum atomic E-state index is 5.97. The van der Waals surface area contributed by atoms with Crippen LogP contribution in [0, 0.1) is 0 Å². The van der Waals surface area contributed by atoms with Crippen LogP contribution in [0.1, 0.15) is 0 Å². The Kier molecular flexibility index (Phi) is 2.44. The van der Waals surface area contributed by atoms with Gasteiger partial charge < -0.3 is 4.74 Å². The van der Waals surface area contributed by atoms with E-state index in [9.17, 15) is 0 Å². The lowest BCUT2D eigenvalue weighted by Crippen LogP contribution is -2.48. The summed E-state index contributed by atoms with van der Waals surface area (Å²) in [7, 11) is 0. The van der Waals surface area contributed by atoms with Gasteiger partial charge in [0.1, 0.15) is 6.10 Å². The fourth-order valence-corrected chi connectivity index (χ4v) is 3.38. The molecule has 0 N–H and O–H groups in total. The smallest absolute Gasteiger partial charge is 0.187 e. The van der Waals surface area contributed by atoms with Crippen LogP contribution >= 0.6 is 58.0 Å². The number of rotatable bonds is 0. The van der Waals surface area contributed by atoms with Crippen molar-refractivity contribution in [3.8, 4) is 0 Å². The number of ether oxygens (including phenoxy) is 1. The number of epoxide rings is 1. The summed E-state index contributed by atoms with van der Waals surface area (Å²) < 4.78 is 5.16. The van der Waals surface area contributed by atoms with Crippen molar-refractivity contribution in [1.29, 1.82) is 0 Å². The van der Waals surface area contributed by atoms with Gasteiger partial charge >= 0.3 is 0 Å². The largest absolute Gasteiger partial charge is 0.346 e. The van der Waals surface area contributed by atoms with Gasteiger partial charge in [0.25, 0.3) is 0 Å². The summed E-state index contributed by atoms with van der Waals surface area (Å²) in [5.74, 6) is 0. The topological polar surface area (TPSA) is 12.5 Å². The molecule has 0 aromatic rings. The lowest BCUT2D eigenvalue weighted by molar-refractivity contribution is 0.355. The molecule has 0 bridgehead atoms. The van der Waals surface area contributed by atoms with Gasteiger partial charge in [-0.3, -0.25) is 0 Å². The number of hydrogen-bond acceptors (Lipinski definition) is 1. The molecule has 0 radical (unpaired) electrons. The molecule has 12 heavy (non-hydrogen) atoms. The molecule has 2 rings (SSSR count). The molecule has 2 aliphatic rings. The van der Waals surface area contributed by atoms with Gasteiger partial charge in [0.2, 0.25) is 0 Å². The van der Waals surface area contributed by atoms with Gasteiger partial charge in [-0.2, -0.15) is 0 Å². The average molecular weight is 270 g/mol. The first kappa shape index (κ1) is 9.95. The predicted molar refractivity (Wildman–Crippen MR) is 52.0 cm³/mol. The van der Waals surface area contributed by atoms with Crippen LogP contribution in [-0.4, -0.2) is 32.7 Å². The molecular weight excluding hydrogens is 265 g/mol. The minimum Gasteiger partial charge on any atom is -0.346 e. The Morgan fingerprint density at radius 3 is 2.08 bits per heavy atom. The van der Waals surface area contributed by atoms with Gasteiger partial charge in [0.05, 0.1) is 21.5 Å². The van der Waals surface area contributed by atoms with Crippen molar-refractivity contribution in [1.82, 2.24) is 0 Å². The second-order valence-electron chi connectivity index (χ2n) is 2.97. The van der Waals surface area contributed by atoms with Crippen LogP contribution < -0.4 is 0 Å². The van der Waals surface area contributed by atoms with Crippen molar-refractivity contribution < 1.29 is 4.74 Å². The minimum absolute atomic E-state index is 0.263. The SMILES string of the molecule is Cl[C@H]1[C@@H](Cl)[C@H]2O[C@]2(Cl)[C@@H](Cl)[C@@H]1Cl. The summed E-state index contributed by atoms with van der Waals surface area (Å²) in [5.41, 5.74) is 0. The highest BCUT2D eigenvalue weighted by Crippen LogP contribution is 2.56. The van der Waals surface area contributed by atoms with Gasteiger partial charge in [-0.15, -0.1) is 46.4 Å². The summed E-state index contributed by atoms with van der Waals surface area (Å²) in [5, 5.41) is -2.57. The molecule has 1 nitrogen and oxygen atoms in total. The molecule has 2 fully saturated rings. The van der Waals surface area contributed by atoms with E-state index in [0.29, 0.717) is 0 Å². The molecule has 0 spiro atoms. The van der Waals surface area contributed by atoms with Gasteiger partial charge in [0, 0.05) is 0 Å². The molecule has 6 atom stereocenters. The van der Waals surface area contributed by atoms with Gasteiger partial charge in [0.15, 0.2) is 5.06 Å². The van der Waals surface area contributed by atoms with Crippen molar-refractivity contribution in [2.24, 2.45) is 0 Å². The van der Waals surface area contributed by atoms with Crippen molar-refractivity contribution >= 4 is 58.0 Å². The van der Waals surface area contributed by atoms with Crippen LogP contribution in [0.3, 0.4) is 0 Å². The Hall–Kier alpha value is 1.41. The molecule has 1 saturated carbocycles. The quantitative estimate of drug-likeness (QED) is 0.487. The molecule has 0 aromatic carbocycles. The van der Waals surface area contributed by atoms with E-state index in [0.717, 1.165) is 0 Å². The van der Waals surface area contributed by atoms with Gasteiger partial charge in [-0.1, -0.05) is 11.6 Å². The molecule has 0 unspecified atom stereocenters. The van der Waals surface area contributed by atoms with Crippen LogP contribution in [0.4, 0.5) is 0 Å². The Labute approximate surface area is 95.2 Å².